The van der Waals surface area contributed by atoms with Gasteiger partial charge in [0.2, 0.25) is 0 Å². The van der Waals surface area contributed by atoms with E-state index < -0.39 is 0 Å². The molecule has 2 nitrogen and oxygen atoms in total. The van der Waals surface area contributed by atoms with E-state index in [1.165, 1.54) is 102 Å². The topological polar surface area (TPSA) is 26.3 Å². The van der Waals surface area contributed by atoms with E-state index in [4.69, 9.17) is 4.74 Å². The second-order valence-electron chi connectivity index (χ2n) is 11.6. The number of unbranched alkanes of at least 4 members (excludes halogenated alkanes) is 6. The van der Waals surface area contributed by atoms with Gasteiger partial charge in [-0.05, 0) is 99.5 Å². The number of benzene rings is 1. The summed E-state index contributed by atoms with van der Waals surface area (Å²) in [6, 6.07) is 9.59. The van der Waals surface area contributed by atoms with Gasteiger partial charge in [-0.1, -0.05) is 83.1 Å². The summed E-state index contributed by atoms with van der Waals surface area (Å²) in [4.78, 5) is 12.8. The van der Waals surface area contributed by atoms with E-state index in [2.05, 4.69) is 38.1 Å². The highest BCUT2D eigenvalue weighted by Crippen LogP contribution is 2.49. The third-order valence-corrected chi connectivity index (χ3v) is 9.32. The molecule has 0 spiro atoms. The maximum absolute atomic E-state index is 12.8. The highest BCUT2D eigenvalue weighted by atomic mass is 16.5. The van der Waals surface area contributed by atoms with Crippen molar-refractivity contribution in [1.29, 1.82) is 0 Å². The van der Waals surface area contributed by atoms with Crippen LogP contribution in [0, 0.1) is 17.3 Å². The number of methoxy groups -OCH3 is 1. The molecule has 3 rings (SSSR count). The quantitative estimate of drug-likeness (QED) is 0.213. The minimum Gasteiger partial charge on any atom is -0.469 e. The Morgan fingerprint density at radius 3 is 2.00 bits per heavy atom. The number of carbonyl (C=O) groups excluding carboxylic acids is 1. The van der Waals surface area contributed by atoms with Crippen LogP contribution in [0.15, 0.2) is 24.3 Å². The fourth-order valence-corrected chi connectivity index (χ4v) is 6.96. The second-order valence-corrected chi connectivity index (χ2v) is 11.6. The molecule has 0 N–H and O–H groups in total. The lowest BCUT2D eigenvalue weighted by Crippen LogP contribution is -2.38. The number of carbonyl (C=O) groups is 1. The second kappa shape index (κ2) is 14.3. The molecule has 0 heterocycles. The maximum Gasteiger partial charge on any atom is 0.311 e. The Bertz CT molecular complexity index is 690. The van der Waals surface area contributed by atoms with E-state index in [0.717, 1.165) is 37.0 Å². The normalized spacial score (nSPS) is 27.4. The highest BCUT2D eigenvalue weighted by Gasteiger charge is 2.43. The minimum absolute atomic E-state index is 0.0725. The lowest BCUT2D eigenvalue weighted by molar-refractivity contribution is -0.156. The zero-order chi connectivity index (χ0) is 24.2. The molecule has 0 aliphatic heterocycles. The van der Waals surface area contributed by atoms with E-state index in [-0.39, 0.29) is 11.4 Å². The Kier molecular flexibility index (Phi) is 11.5. The summed E-state index contributed by atoms with van der Waals surface area (Å²) in [5.74, 6) is 2.51. The van der Waals surface area contributed by atoms with Crippen LogP contribution in [0.4, 0.5) is 0 Å². The Morgan fingerprint density at radius 1 is 0.794 bits per heavy atom. The third-order valence-electron chi connectivity index (χ3n) is 9.32. The minimum atomic E-state index is -0.187. The van der Waals surface area contributed by atoms with Crippen LogP contribution < -0.4 is 0 Å². The van der Waals surface area contributed by atoms with Crippen LogP contribution in [0.3, 0.4) is 0 Å². The van der Waals surface area contributed by atoms with E-state index in [9.17, 15) is 4.79 Å². The summed E-state index contributed by atoms with van der Waals surface area (Å²) in [7, 11) is 1.59. The smallest absolute Gasteiger partial charge is 0.311 e. The van der Waals surface area contributed by atoms with Gasteiger partial charge in [-0.2, -0.15) is 0 Å². The molecule has 1 aromatic carbocycles. The molecule has 0 amide bonds. The molecule has 0 aromatic heterocycles. The molecule has 192 valence electrons. The Labute approximate surface area is 210 Å². The van der Waals surface area contributed by atoms with Gasteiger partial charge >= 0.3 is 5.97 Å². The van der Waals surface area contributed by atoms with Gasteiger partial charge in [-0.15, -0.1) is 0 Å². The molecule has 0 bridgehead atoms. The Morgan fingerprint density at radius 2 is 1.38 bits per heavy atom. The number of hydrogen-bond donors (Lipinski definition) is 0. The molecule has 2 heteroatoms. The van der Waals surface area contributed by atoms with Crippen molar-refractivity contribution in [3.8, 4) is 0 Å². The van der Waals surface area contributed by atoms with Gasteiger partial charge in [-0.3, -0.25) is 4.79 Å². The van der Waals surface area contributed by atoms with Crippen LogP contribution in [0.2, 0.25) is 0 Å². The third kappa shape index (κ3) is 7.59. The van der Waals surface area contributed by atoms with Gasteiger partial charge < -0.3 is 4.74 Å². The van der Waals surface area contributed by atoms with Crippen LogP contribution in [-0.4, -0.2) is 13.1 Å². The monoisotopic (exact) mass is 468 g/mol. The fourth-order valence-electron chi connectivity index (χ4n) is 6.96. The van der Waals surface area contributed by atoms with Gasteiger partial charge in [0.05, 0.1) is 12.5 Å². The fraction of sp³-hybridized carbons (Fsp3) is 0.781. The number of aryl methyl sites for hydroxylation is 1. The molecule has 2 aliphatic carbocycles. The number of ether oxygens (including phenoxy) is 1. The first-order valence-electron chi connectivity index (χ1n) is 14.8. The summed E-state index contributed by atoms with van der Waals surface area (Å²) >= 11 is 0. The number of esters is 1. The van der Waals surface area contributed by atoms with E-state index in [1.54, 1.807) is 12.7 Å². The van der Waals surface area contributed by atoms with Crippen molar-refractivity contribution in [1.82, 2.24) is 0 Å². The first-order chi connectivity index (χ1) is 16.6. The van der Waals surface area contributed by atoms with Crippen LogP contribution in [-0.2, 0) is 16.0 Å². The van der Waals surface area contributed by atoms with E-state index in [1.807, 2.05) is 0 Å². The standard InChI is InChI=1S/C32H52O2/c1-4-6-8-9-11-23-32(31(33)34-3)24-21-30(22-25-32)29-19-17-28(18-20-29)27-15-13-26(14-16-27)12-10-7-5-2/h13-16,28-30H,4-12,17-25H2,1-3H3. The molecular weight excluding hydrogens is 416 g/mol. The van der Waals surface area contributed by atoms with Crippen molar-refractivity contribution in [3.05, 3.63) is 35.4 Å². The van der Waals surface area contributed by atoms with Crippen LogP contribution >= 0.6 is 0 Å². The van der Waals surface area contributed by atoms with Crippen molar-refractivity contribution in [2.75, 3.05) is 7.11 Å². The SMILES string of the molecule is CCCCCCCC1(C(=O)OC)CCC(C2CCC(c3ccc(CCCCC)cc3)CC2)CC1. The molecule has 0 radical (unpaired) electrons. The van der Waals surface area contributed by atoms with Gasteiger partial charge in [0.25, 0.3) is 0 Å². The van der Waals surface area contributed by atoms with Crippen molar-refractivity contribution in [2.45, 2.75) is 135 Å². The van der Waals surface area contributed by atoms with Gasteiger partial charge in [0.15, 0.2) is 0 Å². The highest BCUT2D eigenvalue weighted by molar-refractivity contribution is 5.76. The lowest BCUT2D eigenvalue weighted by atomic mass is 9.62. The van der Waals surface area contributed by atoms with Crippen molar-refractivity contribution < 1.29 is 9.53 Å². The summed E-state index contributed by atoms with van der Waals surface area (Å²) in [6.07, 6.45) is 22.6. The van der Waals surface area contributed by atoms with Crippen molar-refractivity contribution in [3.63, 3.8) is 0 Å². The maximum atomic E-state index is 12.8. The van der Waals surface area contributed by atoms with Crippen molar-refractivity contribution >= 4 is 5.97 Å². The molecule has 34 heavy (non-hydrogen) atoms. The number of rotatable bonds is 13. The summed E-state index contributed by atoms with van der Waals surface area (Å²) in [5.41, 5.74) is 2.88. The molecular formula is C32H52O2. The molecule has 0 unspecified atom stereocenters. The molecule has 2 saturated carbocycles. The molecule has 2 fully saturated rings. The van der Waals surface area contributed by atoms with E-state index >= 15 is 0 Å². The van der Waals surface area contributed by atoms with Crippen LogP contribution in [0.5, 0.6) is 0 Å². The molecule has 0 atom stereocenters. The largest absolute Gasteiger partial charge is 0.469 e. The van der Waals surface area contributed by atoms with Crippen LogP contribution in [0.1, 0.15) is 140 Å². The predicted molar refractivity (Wildman–Crippen MR) is 144 cm³/mol. The zero-order valence-electron chi connectivity index (χ0n) is 22.6. The molecule has 0 saturated heterocycles. The van der Waals surface area contributed by atoms with Gasteiger partial charge in [0.1, 0.15) is 0 Å². The number of hydrogen-bond acceptors (Lipinski definition) is 2. The Balaban J connectivity index is 1.45. The predicted octanol–water partition coefficient (Wildman–Crippen LogP) is 9.40. The van der Waals surface area contributed by atoms with Gasteiger partial charge in [-0.25, -0.2) is 0 Å². The Hall–Kier alpha value is -1.31. The molecule has 2 aliphatic rings. The first kappa shape index (κ1) is 27.3. The zero-order valence-corrected chi connectivity index (χ0v) is 22.6. The summed E-state index contributed by atoms with van der Waals surface area (Å²) in [5, 5.41) is 0. The van der Waals surface area contributed by atoms with Crippen molar-refractivity contribution in [2.24, 2.45) is 17.3 Å². The molecule has 1 aromatic rings. The first-order valence-corrected chi connectivity index (χ1v) is 14.8. The summed E-state index contributed by atoms with van der Waals surface area (Å²) in [6.45, 7) is 4.54. The van der Waals surface area contributed by atoms with E-state index in [0.29, 0.717) is 0 Å². The average Bonchev–Trinajstić information content (AvgIpc) is 2.89. The van der Waals surface area contributed by atoms with Gasteiger partial charge in [0, 0.05) is 0 Å². The average molecular weight is 469 g/mol. The lowest BCUT2D eigenvalue weighted by Gasteiger charge is -2.42. The van der Waals surface area contributed by atoms with Crippen LogP contribution in [0.25, 0.3) is 0 Å². The summed E-state index contributed by atoms with van der Waals surface area (Å²) < 4.78 is 5.31.